The van der Waals surface area contributed by atoms with Gasteiger partial charge in [-0.1, -0.05) is 25.1 Å². The summed E-state index contributed by atoms with van der Waals surface area (Å²) in [5.74, 6) is -0.0669. The number of fused-ring (bicyclic) bond motifs is 1. The monoisotopic (exact) mass is 545 g/mol. The Morgan fingerprint density at radius 3 is 2.36 bits per heavy atom. The number of carbonyl (C=O) groups is 1. The molecule has 0 aliphatic carbocycles. The van der Waals surface area contributed by atoms with Crippen molar-refractivity contribution in [1.82, 2.24) is 14.9 Å². The third kappa shape index (κ3) is 6.46. The summed E-state index contributed by atoms with van der Waals surface area (Å²) in [4.78, 5) is 42.1. The SMILES string of the molecule is CCc1cncc(N2CCN(C(=O)c3ccc(NS(=O)(=O)c4cccc5cccnc45)cc3)CC2)c1.O=C=O. The van der Waals surface area contributed by atoms with E-state index in [-0.39, 0.29) is 17.0 Å². The second kappa shape index (κ2) is 12.3. The Morgan fingerprint density at radius 1 is 0.974 bits per heavy atom. The fourth-order valence-electron chi connectivity index (χ4n) is 4.37. The largest absolute Gasteiger partial charge is 0.373 e. The quantitative estimate of drug-likeness (QED) is 0.390. The highest BCUT2D eigenvalue weighted by molar-refractivity contribution is 7.93. The van der Waals surface area contributed by atoms with E-state index in [2.05, 4.69) is 32.6 Å². The van der Waals surface area contributed by atoms with Crippen molar-refractivity contribution in [3.8, 4) is 0 Å². The Hall–Kier alpha value is -4.60. The molecule has 1 saturated heterocycles. The predicted octanol–water partition coefficient (Wildman–Crippen LogP) is 3.37. The lowest BCUT2D eigenvalue weighted by atomic mass is 10.1. The van der Waals surface area contributed by atoms with Crippen LogP contribution in [0.3, 0.4) is 0 Å². The Kier molecular flexibility index (Phi) is 8.65. The first kappa shape index (κ1) is 27.4. The fraction of sp³-hybridized carbons (Fsp3) is 0.214. The highest BCUT2D eigenvalue weighted by atomic mass is 32.2. The van der Waals surface area contributed by atoms with E-state index in [4.69, 9.17) is 9.59 Å². The number of piperazine rings is 1. The molecule has 5 rings (SSSR count). The summed E-state index contributed by atoms with van der Waals surface area (Å²) in [7, 11) is -3.85. The van der Waals surface area contributed by atoms with Gasteiger partial charge in [-0.3, -0.25) is 19.5 Å². The van der Waals surface area contributed by atoms with Crippen LogP contribution in [0.5, 0.6) is 0 Å². The van der Waals surface area contributed by atoms with Gasteiger partial charge in [0.1, 0.15) is 4.90 Å². The van der Waals surface area contributed by atoms with Crippen LogP contribution in [0.15, 0.2) is 84.1 Å². The maximum atomic E-state index is 13.1. The van der Waals surface area contributed by atoms with Crippen molar-refractivity contribution >= 4 is 44.4 Å². The van der Waals surface area contributed by atoms with Crippen LogP contribution in [-0.2, 0) is 26.0 Å². The number of aromatic nitrogens is 2. The average Bonchev–Trinajstić information content (AvgIpc) is 2.97. The van der Waals surface area contributed by atoms with Crippen LogP contribution in [0, 0.1) is 0 Å². The number of rotatable bonds is 6. The van der Waals surface area contributed by atoms with Gasteiger partial charge in [-0.25, -0.2) is 8.42 Å². The van der Waals surface area contributed by atoms with Crippen molar-refractivity contribution in [2.24, 2.45) is 0 Å². The molecule has 10 nitrogen and oxygen atoms in total. The van der Waals surface area contributed by atoms with Crippen molar-refractivity contribution in [3.63, 3.8) is 0 Å². The minimum absolute atomic E-state index is 0.0669. The van der Waals surface area contributed by atoms with Gasteiger partial charge in [0, 0.05) is 55.2 Å². The molecule has 4 aromatic rings. The number of hydrogen-bond acceptors (Lipinski definition) is 8. The van der Waals surface area contributed by atoms with Crippen LogP contribution in [0.1, 0.15) is 22.8 Å². The fourth-order valence-corrected chi connectivity index (χ4v) is 5.61. The van der Waals surface area contributed by atoms with Crippen LogP contribution in [0.4, 0.5) is 11.4 Å². The molecule has 1 aliphatic rings. The number of nitrogens with zero attached hydrogens (tertiary/aromatic N) is 4. The Balaban J connectivity index is 0.00000112. The van der Waals surface area contributed by atoms with E-state index in [1.54, 1.807) is 42.6 Å². The predicted molar refractivity (Wildman–Crippen MR) is 146 cm³/mol. The van der Waals surface area contributed by atoms with E-state index in [0.717, 1.165) is 30.6 Å². The van der Waals surface area contributed by atoms with E-state index >= 15 is 0 Å². The standard InChI is InChI=1S/C27H27N5O3S.CO2/c1-2-20-17-24(19-28-18-20)31-13-15-32(16-14-31)27(33)22-8-10-23(11-9-22)30-36(34,35)25-7-3-5-21-6-4-12-29-26(21)25;2-1-3/h3-12,17-19,30H,2,13-16H2,1H3;. The molecule has 0 bridgehead atoms. The minimum atomic E-state index is -3.85. The van der Waals surface area contributed by atoms with Gasteiger partial charge in [0.2, 0.25) is 0 Å². The first-order valence-electron chi connectivity index (χ1n) is 12.3. The molecule has 3 heterocycles. The van der Waals surface area contributed by atoms with Crippen molar-refractivity contribution in [1.29, 1.82) is 0 Å². The molecular formula is C28H27N5O5S. The maximum absolute atomic E-state index is 13.1. The zero-order chi connectivity index (χ0) is 27.8. The number of aryl methyl sites for hydroxylation is 1. The molecular weight excluding hydrogens is 518 g/mol. The van der Waals surface area contributed by atoms with Gasteiger partial charge >= 0.3 is 6.15 Å². The van der Waals surface area contributed by atoms with E-state index in [0.29, 0.717) is 29.9 Å². The normalized spacial score (nSPS) is 13.3. The van der Waals surface area contributed by atoms with Crippen LogP contribution < -0.4 is 9.62 Å². The van der Waals surface area contributed by atoms with Crippen molar-refractivity contribution in [3.05, 3.63) is 90.4 Å². The summed E-state index contributed by atoms with van der Waals surface area (Å²) >= 11 is 0. The number of anilines is 2. The molecule has 2 aromatic carbocycles. The number of sulfonamides is 1. The van der Waals surface area contributed by atoms with E-state index in [1.165, 1.54) is 11.6 Å². The molecule has 0 atom stereocenters. The first-order chi connectivity index (χ1) is 18.9. The zero-order valence-electron chi connectivity index (χ0n) is 21.3. The van der Waals surface area contributed by atoms with Crippen LogP contribution in [-0.4, -0.2) is 61.5 Å². The highest BCUT2D eigenvalue weighted by Crippen LogP contribution is 2.24. The molecule has 11 heteroatoms. The molecule has 0 spiro atoms. The zero-order valence-corrected chi connectivity index (χ0v) is 22.1. The molecule has 200 valence electrons. The van der Waals surface area contributed by atoms with Crippen LogP contribution >= 0.6 is 0 Å². The maximum Gasteiger partial charge on any atom is 0.373 e. The lowest BCUT2D eigenvalue weighted by Crippen LogP contribution is -2.48. The number of para-hydroxylation sites is 1. The van der Waals surface area contributed by atoms with Gasteiger partial charge in [0.05, 0.1) is 17.4 Å². The summed E-state index contributed by atoms with van der Waals surface area (Å²) in [6, 6.07) is 17.3. The van der Waals surface area contributed by atoms with Crippen LogP contribution in [0.25, 0.3) is 10.9 Å². The lowest BCUT2D eigenvalue weighted by molar-refractivity contribution is -0.191. The summed E-state index contributed by atoms with van der Waals surface area (Å²) in [5.41, 5.74) is 3.59. The number of benzene rings is 2. The Labute approximate surface area is 226 Å². The minimum Gasteiger partial charge on any atom is -0.367 e. The number of amides is 1. The van der Waals surface area contributed by atoms with E-state index in [1.807, 2.05) is 29.4 Å². The molecule has 1 N–H and O–H groups in total. The summed E-state index contributed by atoms with van der Waals surface area (Å²) in [6.45, 7) is 4.79. The number of carbonyl (C=O) groups excluding carboxylic acids is 3. The smallest absolute Gasteiger partial charge is 0.367 e. The third-order valence-corrected chi connectivity index (χ3v) is 7.80. The summed E-state index contributed by atoms with van der Waals surface area (Å²) in [6.07, 6.45) is 6.50. The van der Waals surface area contributed by atoms with Crippen molar-refractivity contribution in [2.75, 3.05) is 35.8 Å². The van der Waals surface area contributed by atoms with E-state index < -0.39 is 10.0 Å². The topological polar surface area (TPSA) is 130 Å². The van der Waals surface area contributed by atoms with Gasteiger partial charge in [0.25, 0.3) is 15.9 Å². The van der Waals surface area contributed by atoms with Gasteiger partial charge in [-0.15, -0.1) is 0 Å². The van der Waals surface area contributed by atoms with Gasteiger partial charge < -0.3 is 9.80 Å². The van der Waals surface area contributed by atoms with Gasteiger partial charge in [-0.05, 0) is 54.4 Å². The van der Waals surface area contributed by atoms with Crippen LogP contribution in [0.2, 0.25) is 0 Å². The third-order valence-electron chi connectivity index (χ3n) is 6.39. The summed E-state index contributed by atoms with van der Waals surface area (Å²) in [5, 5.41) is 0.746. The van der Waals surface area contributed by atoms with Crippen molar-refractivity contribution < 1.29 is 22.8 Å². The number of hydrogen-bond donors (Lipinski definition) is 1. The first-order valence-corrected chi connectivity index (χ1v) is 13.8. The van der Waals surface area contributed by atoms with Gasteiger partial charge in [-0.2, -0.15) is 9.59 Å². The Bertz CT molecular complexity index is 1590. The molecule has 2 aromatic heterocycles. The lowest BCUT2D eigenvalue weighted by Gasteiger charge is -2.36. The molecule has 0 unspecified atom stereocenters. The average molecular weight is 546 g/mol. The number of pyridine rings is 2. The molecule has 1 amide bonds. The summed E-state index contributed by atoms with van der Waals surface area (Å²) < 4.78 is 28.7. The second-order valence-electron chi connectivity index (χ2n) is 8.78. The number of nitrogens with one attached hydrogen (secondary N) is 1. The molecule has 0 saturated carbocycles. The van der Waals surface area contributed by atoms with E-state index in [9.17, 15) is 13.2 Å². The molecule has 39 heavy (non-hydrogen) atoms. The molecule has 1 fully saturated rings. The Morgan fingerprint density at radius 2 is 1.67 bits per heavy atom. The van der Waals surface area contributed by atoms with Gasteiger partial charge in [0.15, 0.2) is 0 Å². The van der Waals surface area contributed by atoms with Crippen molar-refractivity contribution in [2.45, 2.75) is 18.2 Å². The second-order valence-corrected chi connectivity index (χ2v) is 10.4. The molecule has 0 radical (unpaired) electrons. The molecule has 1 aliphatic heterocycles. The highest BCUT2D eigenvalue weighted by Gasteiger charge is 2.23.